The number of hydrogen-bond donors (Lipinski definition) is 8. The summed E-state index contributed by atoms with van der Waals surface area (Å²) in [6.07, 6.45) is -10.9. The van der Waals surface area contributed by atoms with Gasteiger partial charge in [0, 0.05) is 0 Å². The molecule has 0 amide bonds. The van der Waals surface area contributed by atoms with E-state index in [9.17, 15) is 30.6 Å². The summed E-state index contributed by atoms with van der Waals surface area (Å²) in [5.41, 5.74) is 0. The summed E-state index contributed by atoms with van der Waals surface area (Å²) >= 11 is 0. The molecule has 2 aliphatic rings. The van der Waals surface area contributed by atoms with Crippen molar-refractivity contribution in [1.29, 1.82) is 0 Å². The summed E-state index contributed by atoms with van der Waals surface area (Å²) in [5.74, 6) is -4.35. The van der Waals surface area contributed by atoms with E-state index in [1.165, 1.54) is 6.92 Å². The lowest BCUT2D eigenvalue weighted by Crippen LogP contribution is -2.65. The van der Waals surface area contributed by atoms with Gasteiger partial charge in [0.25, 0.3) is 0 Å². The van der Waals surface area contributed by atoms with Crippen LogP contribution in [-0.2, 0) is 14.2 Å². The van der Waals surface area contributed by atoms with Gasteiger partial charge in [-0.15, -0.1) is 0 Å². The zero-order chi connectivity index (χ0) is 18.3. The third-order valence-corrected chi connectivity index (χ3v) is 4.42. The number of rotatable bonds is 5. The second-order valence-electron chi connectivity index (χ2n) is 6.19. The highest BCUT2D eigenvalue weighted by Crippen LogP contribution is 2.35. The normalized spacial score (nSPS) is 52.6. The highest BCUT2D eigenvalue weighted by atomic mass is 16.7. The predicted molar refractivity (Wildman–Crippen MR) is 73.3 cm³/mol. The molecule has 2 rings (SSSR count). The topological polar surface area (TPSA) is 190 Å². The summed E-state index contributed by atoms with van der Waals surface area (Å²) in [5, 5.41) is 77.5. The van der Waals surface area contributed by atoms with Crippen LogP contribution < -0.4 is 0 Å². The van der Waals surface area contributed by atoms with Gasteiger partial charge < -0.3 is 55.1 Å². The van der Waals surface area contributed by atoms with E-state index in [4.69, 9.17) is 24.4 Å². The Morgan fingerprint density at radius 1 is 0.833 bits per heavy atom. The summed E-state index contributed by atoms with van der Waals surface area (Å²) in [4.78, 5) is 0. The molecule has 9 atom stereocenters. The minimum Gasteiger partial charge on any atom is -0.394 e. The molecule has 1 unspecified atom stereocenters. The van der Waals surface area contributed by atoms with Crippen molar-refractivity contribution in [3.63, 3.8) is 0 Å². The van der Waals surface area contributed by atoms with E-state index in [-0.39, 0.29) is 0 Å². The first-order chi connectivity index (χ1) is 11.1. The van der Waals surface area contributed by atoms with Gasteiger partial charge in [-0.1, -0.05) is 0 Å². The van der Waals surface area contributed by atoms with E-state index < -0.39 is 74.1 Å². The van der Waals surface area contributed by atoms with Gasteiger partial charge in [0.2, 0.25) is 5.79 Å². The van der Waals surface area contributed by atoms with Crippen LogP contribution in [0, 0.1) is 0 Å². The summed E-state index contributed by atoms with van der Waals surface area (Å²) < 4.78 is 15.5. The molecule has 24 heavy (non-hydrogen) atoms. The van der Waals surface area contributed by atoms with E-state index in [1.807, 2.05) is 0 Å². The molecule has 11 nitrogen and oxygen atoms in total. The maximum atomic E-state index is 10.2. The predicted octanol–water partition coefficient (Wildman–Crippen LogP) is -5.01. The van der Waals surface area contributed by atoms with Gasteiger partial charge in [-0.2, -0.15) is 0 Å². The van der Waals surface area contributed by atoms with Crippen molar-refractivity contribution in [2.45, 2.75) is 61.2 Å². The van der Waals surface area contributed by atoms with Gasteiger partial charge in [-0.05, 0) is 6.92 Å². The maximum Gasteiger partial charge on any atom is 0.219 e. The first-order valence-corrected chi connectivity index (χ1v) is 7.43. The number of hydrogen-bond acceptors (Lipinski definition) is 11. The van der Waals surface area contributed by atoms with Gasteiger partial charge in [0.1, 0.15) is 49.3 Å². The molecule has 2 heterocycles. The Hall–Kier alpha value is -0.440. The lowest BCUT2D eigenvalue weighted by Gasteiger charge is -2.47. The van der Waals surface area contributed by atoms with Crippen LogP contribution in [0.15, 0.2) is 0 Å². The molecular formula is C13H24O11. The van der Waals surface area contributed by atoms with Crippen LogP contribution in [0.1, 0.15) is 6.92 Å². The van der Waals surface area contributed by atoms with Gasteiger partial charge in [-0.25, -0.2) is 0 Å². The molecule has 11 heteroatoms. The Morgan fingerprint density at radius 2 is 1.38 bits per heavy atom. The standard InChI is InChI=1S/C13H24O11/c1-12(10(19)9(18)7(16)5(2-14)23-12)22-4-13(21)11(20)8(17)6(3-15)24-13/h5-11,14-21H,2-4H2,1H3/t5-,6-,7+,8-,9+,10-,11+,12+,13?/m1/s1. The quantitative estimate of drug-likeness (QED) is 0.235. The van der Waals surface area contributed by atoms with Crippen LogP contribution in [-0.4, -0.2) is 115 Å². The second-order valence-corrected chi connectivity index (χ2v) is 6.19. The van der Waals surface area contributed by atoms with Crippen molar-refractivity contribution in [3.05, 3.63) is 0 Å². The second kappa shape index (κ2) is 7.05. The van der Waals surface area contributed by atoms with E-state index in [0.717, 1.165) is 0 Å². The minimum atomic E-state index is -2.39. The monoisotopic (exact) mass is 356 g/mol. The Kier molecular flexibility index (Phi) is 5.84. The van der Waals surface area contributed by atoms with Crippen LogP contribution >= 0.6 is 0 Å². The lowest BCUT2D eigenvalue weighted by molar-refractivity contribution is -0.378. The third kappa shape index (κ3) is 3.30. The van der Waals surface area contributed by atoms with Crippen molar-refractivity contribution < 1.29 is 55.1 Å². The van der Waals surface area contributed by atoms with Gasteiger partial charge >= 0.3 is 0 Å². The van der Waals surface area contributed by atoms with E-state index in [0.29, 0.717) is 0 Å². The first-order valence-electron chi connectivity index (χ1n) is 7.43. The molecule has 142 valence electrons. The average Bonchev–Trinajstić information content (AvgIpc) is 2.79. The Balaban J connectivity index is 2.09. The number of aliphatic hydroxyl groups is 8. The maximum absolute atomic E-state index is 10.2. The fraction of sp³-hybridized carbons (Fsp3) is 1.00. The molecule has 2 fully saturated rings. The number of ether oxygens (including phenoxy) is 3. The largest absolute Gasteiger partial charge is 0.394 e. The Labute approximate surface area is 137 Å². The molecule has 0 saturated carbocycles. The van der Waals surface area contributed by atoms with Crippen molar-refractivity contribution in [2.24, 2.45) is 0 Å². The third-order valence-electron chi connectivity index (χ3n) is 4.42. The van der Waals surface area contributed by atoms with E-state index >= 15 is 0 Å². The van der Waals surface area contributed by atoms with Crippen molar-refractivity contribution in [3.8, 4) is 0 Å². The fourth-order valence-electron chi connectivity index (χ4n) is 2.80. The van der Waals surface area contributed by atoms with Crippen LogP contribution in [0.5, 0.6) is 0 Å². The Bertz CT molecular complexity index is 434. The van der Waals surface area contributed by atoms with E-state index in [2.05, 4.69) is 0 Å². The smallest absolute Gasteiger partial charge is 0.219 e. The molecule has 8 N–H and O–H groups in total. The highest BCUT2D eigenvalue weighted by Gasteiger charge is 2.57. The molecule has 0 bridgehead atoms. The molecule has 0 aromatic heterocycles. The van der Waals surface area contributed by atoms with Crippen molar-refractivity contribution in [1.82, 2.24) is 0 Å². The first kappa shape index (κ1) is 19.9. The zero-order valence-electron chi connectivity index (χ0n) is 13.0. The molecule has 0 aromatic rings. The van der Waals surface area contributed by atoms with E-state index in [1.54, 1.807) is 0 Å². The SMILES string of the molecule is C[C@]1(OCC2(O)O[C@H](CO)[C@@H](O)[C@@H]2O)O[C@H](CO)[C@H](O)[C@H](O)[C@H]1O. The zero-order valence-corrected chi connectivity index (χ0v) is 13.0. The average molecular weight is 356 g/mol. The van der Waals surface area contributed by atoms with Gasteiger partial charge in [0.05, 0.1) is 13.2 Å². The van der Waals surface area contributed by atoms with Crippen LogP contribution in [0.4, 0.5) is 0 Å². The lowest BCUT2D eigenvalue weighted by atomic mass is 9.93. The molecule has 0 radical (unpaired) electrons. The molecule has 2 aliphatic heterocycles. The Morgan fingerprint density at radius 3 is 1.88 bits per heavy atom. The fourth-order valence-corrected chi connectivity index (χ4v) is 2.80. The van der Waals surface area contributed by atoms with Gasteiger partial charge in [0.15, 0.2) is 5.79 Å². The molecule has 0 aromatic carbocycles. The van der Waals surface area contributed by atoms with Crippen molar-refractivity contribution >= 4 is 0 Å². The van der Waals surface area contributed by atoms with Gasteiger partial charge in [-0.3, -0.25) is 0 Å². The van der Waals surface area contributed by atoms with Crippen LogP contribution in [0.25, 0.3) is 0 Å². The summed E-state index contributed by atoms with van der Waals surface area (Å²) in [6, 6.07) is 0. The summed E-state index contributed by atoms with van der Waals surface area (Å²) in [7, 11) is 0. The summed E-state index contributed by atoms with van der Waals surface area (Å²) in [6.45, 7) is -0.927. The minimum absolute atomic E-state index is 0.658. The highest BCUT2D eigenvalue weighted by molar-refractivity contribution is 4.98. The molecule has 0 spiro atoms. The number of aliphatic hydroxyl groups excluding tert-OH is 7. The molecular weight excluding hydrogens is 332 g/mol. The molecule has 2 saturated heterocycles. The van der Waals surface area contributed by atoms with Crippen LogP contribution in [0.2, 0.25) is 0 Å². The molecule has 0 aliphatic carbocycles. The van der Waals surface area contributed by atoms with Crippen molar-refractivity contribution in [2.75, 3.05) is 19.8 Å². The van der Waals surface area contributed by atoms with Crippen LogP contribution in [0.3, 0.4) is 0 Å².